The molecule has 0 bridgehead atoms. The zero-order chi connectivity index (χ0) is 17.4. The summed E-state index contributed by atoms with van der Waals surface area (Å²) in [6.45, 7) is 4.35. The van der Waals surface area contributed by atoms with Gasteiger partial charge in [-0.3, -0.25) is 14.6 Å². The molecule has 1 aromatic heterocycles. The smallest absolute Gasteiger partial charge is 0.257 e. The molecule has 24 heavy (non-hydrogen) atoms. The first-order chi connectivity index (χ1) is 11.6. The highest BCUT2D eigenvalue weighted by atomic mass is 16.2. The molecule has 1 aromatic carbocycles. The van der Waals surface area contributed by atoms with Crippen LogP contribution in [-0.4, -0.2) is 16.8 Å². The highest BCUT2D eigenvalue weighted by molar-refractivity contribution is 6.04. The van der Waals surface area contributed by atoms with Gasteiger partial charge in [-0.2, -0.15) is 0 Å². The second-order valence-corrected chi connectivity index (χ2v) is 5.67. The van der Waals surface area contributed by atoms with Crippen LogP contribution in [0.4, 0.5) is 5.69 Å². The van der Waals surface area contributed by atoms with Crippen molar-refractivity contribution < 1.29 is 9.59 Å². The number of nitrogens with one attached hydrogen (secondary N) is 2. The number of hydrogen-bond acceptors (Lipinski definition) is 3. The zero-order valence-corrected chi connectivity index (χ0v) is 13.8. The van der Waals surface area contributed by atoms with E-state index in [4.69, 9.17) is 0 Å². The van der Waals surface area contributed by atoms with E-state index in [2.05, 4.69) is 15.6 Å². The van der Waals surface area contributed by atoms with Crippen LogP contribution in [0.5, 0.6) is 0 Å². The first kappa shape index (κ1) is 17.4. The number of carbonyl (C=O) groups is 2. The Balaban J connectivity index is 2.02. The lowest BCUT2D eigenvalue weighted by atomic mass is 10.1. The minimum absolute atomic E-state index is 0.155. The van der Waals surface area contributed by atoms with Crippen LogP contribution in [-0.2, 0) is 11.3 Å². The lowest BCUT2D eigenvalue weighted by molar-refractivity contribution is -0.116. The van der Waals surface area contributed by atoms with Crippen LogP contribution in [0.1, 0.15) is 29.8 Å². The molecule has 1 heterocycles. The van der Waals surface area contributed by atoms with E-state index in [1.54, 1.807) is 24.4 Å². The van der Waals surface area contributed by atoms with Gasteiger partial charge >= 0.3 is 0 Å². The highest BCUT2D eigenvalue weighted by Gasteiger charge is 2.09. The molecule has 0 atom stereocenters. The van der Waals surface area contributed by atoms with Crippen LogP contribution in [0.15, 0.2) is 60.9 Å². The van der Waals surface area contributed by atoms with Crippen molar-refractivity contribution in [2.45, 2.75) is 20.4 Å². The van der Waals surface area contributed by atoms with Crippen LogP contribution in [0.2, 0.25) is 0 Å². The topological polar surface area (TPSA) is 71.1 Å². The van der Waals surface area contributed by atoms with Crippen molar-refractivity contribution in [3.05, 3.63) is 72.1 Å². The molecule has 5 nitrogen and oxygen atoms in total. The summed E-state index contributed by atoms with van der Waals surface area (Å²) in [5, 5.41) is 5.67. The molecule has 2 rings (SSSR count). The molecule has 0 radical (unpaired) electrons. The number of amides is 2. The molecule has 0 spiro atoms. The van der Waals surface area contributed by atoms with Crippen LogP contribution < -0.4 is 10.6 Å². The number of hydrogen-bond donors (Lipinski definition) is 2. The molecule has 0 fully saturated rings. The third kappa shape index (κ3) is 5.35. The highest BCUT2D eigenvalue weighted by Crippen LogP contribution is 2.16. The van der Waals surface area contributed by atoms with Gasteiger partial charge in [-0.25, -0.2) is 0 Å². The number of aromatic nitrogens is 1. The van der Waals surface area contributed by atoms with Gasteiger partial charge in [0.05, 0.1) is 5.56 Å². The van der Waals surface area contributed by atoms with E-state index in [1.807, 2.05) is 38.1 Å². The number of benzene rings is 1. The second kappa shape index (κ2) is 8.62. The van der Waals surface area contributed by atoms with Crippen molar-refractivity contribution >= 4 is 17.5 Å². The predicted molar refractivity (Wildman–Crippen MR) is 94.5 cm³/mol. The van der Waals surface area contributed by atoms with E-state index in [0.29, 0.717) is 23.7 Å². The minimum atomic E-state index is -0.235. The predicted octanol–water partition coefficient (Wildman–Crippen LogP) is 3.16. The molecule has 2 N–H and O–H groups in total. The monoisotopic (exact) mass is 323 g/mol. The summed E-state index contributed by atoms with van der Waals surface area (Å²) in [5.41, 5.74) is 1.98. The molecule has 2 amide bonds. The van der Waals surface area contributed by atoms with Gasteiger partial charge in [0.2, 0.25) is 5.91 Å². The van der Waals surface area contributed by atoms with Gasteiger partial charge in [-0.1, -0.05) is 38.1 Å². The van der Waals surface area contributed by atoms with E-state index >= 15 is 0 Å². The van der Waals surface area contributed by atoms with E-state index < -0.39 is 0 Å². The van der Waals surface area contributed by atoms with E-state index in [-0.39, 0.29) is 11.8 Å². The Labute approximate surface area is 141 Å². The summed E-state index contributed by atoms with van der Waals surface area (Å²) in [6.07, 6.45) is 6.49. The van der Waals surface area contributed by atoms with Crippen molar-refractivity contribution in [3.63, 3.8) is 0 Å². The molecule has 0 saturated heterocycles. The number of allylic oxidation sites excluding steroid dienone is 1. The first-order valence-electron chi connectivity index (χ1n) is 7.81. The van der Waals surface area contributed by atoms with Crippen molar-refractivity contribution in [3.8, 4) is 0 Å². The number of rotatable bonds is 6. The largest absolute Gasteiger partial charge is 0.348 e. The van der Waals surface area contributed by atoms with Crippen LogP contribution in [0.3, 0.4) is 0 Å². The second-order valence-electron chi connectivity index (χ2n) is 5.67. The minimum Gasteiger partial charge on any atom is -0.348 e. The van der Waals surface area contributed by atoms with Gasteiger partial charge in [0.1, 0.15) is 0 Å². The summed E-state index contributed by atoms with van der Waals surface area (Å²) in [6, 6.07) is 10.8. The summed E-state index contributed by atoms with van der Waals surface area (Å²) < 4.78 is 0. The Morgan fingerprint density at radius 2 is 1.96 bits per heavy atom. The Bertz CT molecular complexity index is 724. The summed E-state index contributed by atoms with van der Waals surface area (Å²) >= 11 is 0. The number of para-hydroxylation sites is 1. The summed E-state index contributed by atoms with van der Waals surface area (Å²) in [5.74, 6) is -0.0690. The Morgan fingerprint density at radius 1 is 1.17 bits per heavy atom. The van der Waals surface area contributed by atoms with Crippen molar-refractivity contribution in [1.29, 1.82) is 0 Å². The molecule has 0 aliphatic heterocycles. The molecule has 5 heteroatoms. The summed E-state index contributed by atoms with van der Waals surface area (Å²) in [4.78, 5) is 28.0. The third-order valence-corrected chi connectivity index (χ3v) is 3.27. The maximum Gasteiger partial charge on any atom is 0.257 e. The average molecular weight is 323 g/mol. The van der Waals surface area contributed by atoms with E-state index in [0.717, 1.165) is 5.56 Å². The number of pyridine rings is 1. The van der Waals surface area contributed by atoms with Gasteiger partial charge in [0.25, 0.3) is 5.91 Å². The maximum atomic E-state index is 12.2. The lowest BCUT2D eigenvalue weighted by Crippen LogP contribution is -2.22. The number of carbonyl (C=O) groups excluding carboxylic acids is 2. The van der Waals surface area contributed by atoms with Crippen molar-refractivity contribution in [2.24, 2.45) is 5.92 Å². The quantitative estimate of drug-likeness (QED) is 0.802. The van der Waals surface area contributed by atoms with Crippen LogP contribution in [0.25, 0.3) is 0 Å². The fourth-order valence-corrected chi connectivity index (χ4v) is 2.01. The number of anilines is 1. The third-order valence-electron chi connectivity index (χ3n) is 3.27. The zero-order valence-electron chi connectivity index (χ0n) is 13.8. The molecule has 0 saturated carbocycles. The lowest BCUT2D eigenvalue weighted by Gasteiger charge is -2.11. The van der Waals surface area contributed by atoms with Gasteiger partial charge in [0.15, 0.2) is 0 Å². The van der Waals surface area contributed by atoms with Crippen LogP contribution >= 0.6 is 0 Å². The van der Waals surface area contributed by atoms with Crippen LogP contribution in [0, 0.1) is 5.92 Å². The van der Waals surface area contributed by atoms with Crippen molar-refractivity contribution in [1.82, 2.24) is 10.3 Å². The SMILES string of the molecule is CC(C)/C=C/C(=O)NCc1ccccc1NC(=O)c1cccnc1. The van der Waals surface area contributed by atoms with Crippen molar-refractivity contribution in [2.75, 3.05) is 5.32 Å². The van der Waals surface area contributed by atoms with Gasteiger partial charge in [-0.05, 0) is 35.8 Å². The molecule has 124 valence electrons. The van der Waals surface area contributed by atoms with E-state index in [1.165, 1.54) is 12.3 Å². The molecular formula is C19H21N3O2. The Kier molecular flexibility index (Phi) is 6.25. The fourth-order valence-electron chi connectivity index (χ4n) is 2.01. The fraction of sp³-hybridized carbons (Fsp3) is 0.211. The Morgan fingerprint density at radius 3 is 2.67 bits per heavy atom. The number of nitrogens with zero attached hydrogens (tertiary/aromatic N) is 1. The normalized spacial score (nSPS) is 10.8. The first-order valence-corrected chi connectivity index (χ1v) is 7.81. The van der Waals surface area contributed by atoms with Gasteiger partial charge < -0.3 is 10.6 Å². The molecule has 2 aromatic rings. The Hall–Kier alpha value is -2.95. The maximum absolute atomic E-state index is 12.2. The summed E-state index contributed by atoms with van der Waals surface area (Å²) in [7, 11) is 0. The standard InChI is InChI=1S/C19H21N3O2/c1-14(2)9-10-18(23)21-13-15-6-3-4-8-17(15)22-19(24)16-7-5-11-20-12-16/h3-12,14H,13H2,1-2H3,(H,21,23)(H,22,24)/b10-9+. The average Bonchev–Trinajstić information content (AvgIpc) is 2.60. The molecule has 0 aliphatic rings. The van der Waals surface area contributed by atoms with Gasteiger partial charge in [0, 0.05) is 24.6 Å². The molecular weight excluding hydrogens is 302 g/mol. The van der Waals surface area contributed by atoms with E-state index in [9.17, 15) is 9.59 Å². The van der Waals surface area contributed by atoms with Gasteiger partial charge in [-0.15, -0.1) is 0 Å². The molecule has 0 unspecified atom stereocenters. The molecule has 0 aliphatic carbocycles.